The maximum absolute atomic E-state index is 9.46. The lowest BCUT2D eigenvalue weighted by Crippen LogP contribution is -2.45. The first-order valence-corrected chi connectivity index (χ1v) is 7.34. The predicted molar refractivity (Wildman–Crippen MR) is 85.6 cm³/mol. The Kier molecular flexibility index (Phi) is 3.52. The van der Waals surface area contributed by atoms with Gasteiger partial charge in [-0.15, -0.1) is 0 Å². The van der Waals surface area contributed by atoms with E-state index in [4.69, 9.17) is 4.98 Å². The van der Waals surface area contributed by atoms with Crippen LogP contribution in [0, 0.1) is 25.2 Å². The maximum atomic E-state index is 9.46. The van der Waals surface area contributed by atoms with Crippen LogP contribution in [0.15, 0.2) is 18.2 Å². The van der Waals surface area contributed by atoms with Gasteiger partial charge in [0.05, 0.1) is 11.1 Å². The van der Waals surface area contributed by atoms with Gasteiger partial charge < -0.3 is 9.80 Å². The van der Waals surface area contributed by atoms with Gasteiger partial charge in [0.1, 0.15) is 11.9 Å². The molecule has 0 saturated carbocycles. The molecule has 1 aliphatic rings. The molecule has 2 heterocycles. The quantitative estimate of drug-likeness (QED) is 0.805. The Morgan fingerprint density at radius 2 is 1.71 bits per heavy atom. The number of aromatic nitrogens is 1. The average molecular weight is 280 g/mol. The van der Waals surface area contributed by atoms with Crippen molar-refractivity contribution in [3.05, 3.63) is 34.9 Å². The highest BCUT2D eigenvalue weighted by molar-refractivity contribution is 5.84. The molecule has 1 saturated heterocycles. The van der Waals surface area contributed by atoms with E-state index < -0.39 is 0 Å². The Morgan fingerprint density at radius 1 is 1.05 bits per heavy atom. The lowest BCUT2D eigenvalue weighted by molar-refractivity contribution is 0.312. The van der Waals surface area contributed by atoms with Gasteiger partial charge in [0.15, 0.2) is 0 Å². The number of nitrogens with zero attached hydrogens (tertiary/aromatic N) is 4. The fourth-order valence-electron chi connectivity index (χ4n) is 2.77. The second-order valence-corrected chi connectivity index (χ2v) is 5.89. The van der Waals surface area contributed by atoms with E-state index in [1.807, 2.05) is 6.07 Å². The molecule has 0 radical (unpaired) electrons. The second-order valence-electron chi connectivity index (χ2n) is 5.89. The van der Waals surface area contributed by atoms with Crippen LogP contribution in [0.5, 0.6) is 0 Å². The number of rotatable bonds is 1. The van der Waals surface area contributed by atoms with Crippen LogP contribution in [0.2, 0.25) is 0 Å². The molecule has 4 heteroatoms. The number of hydrogen-bond donors (Lipinski definition) is 0. The minimum Gasteiger partial charge on any atom is -0.353 e. The molecule has 1 fully saturated rings. The van der Waals surface area contributed by atoms with E-state index in [0.29, 0.717) is 5.56 Å². The summed E-state index contributed by atoms with van der Waals surface area (Å²) in [5.41, 5.74) is 4.13. The van der Waals surface area contributed by atoms with Gasteiger partial charge in [0.2, 0.25) is 0 Å². The maximum Gasteiger partial charge on any atom is 0.147 e. The van der Waals surface area contributed by atoms with Crippen molar-refractivity contribution >= 4 is 16.7 Å². The Morgan fingerprint density at radius 3 is 2.38 bits per heavy atom. The van der Waals surface area contributed by atoms with Gasteiger partial charge in [-0.1, -0.05) is 0 Å². The Labute approximate surface area is 125 Å². The summed E-state index contributed by atoms with van der Waals surface area (Å²) in [7, 11) is 2.13. The third-order valence-electron chi connectivity index (χ3n) is 4.33. The first-order valence-electron chi connectivity index (χ1n) is 7.34. The van der Waals surface area contributed by atoms with Crippen LogP contribution in [-0.2, 0) is 0 Å². The van der Waals surface area contributed by atoms with Gasteiger partial charge in [-0.2, -0.15) is 5.26 Å². The number of nitriles is 1. The van der Waals surface area contributed by atoms with Crippen LogP contribution >= 0.6 is 0 Å². The summed E-state index contributed by atoms with van der Waals surface area (Å²) < 4.78 is 0. The first kappa shape index (κ1) is 13.8. The molecule has 3 rings (SSSR count). The van der Waals surface area contributed by atoms with Gasteiger partial charge >= 0.3 is 0 Å². The molecule has 0 atom stereocenters. The zero-order chi connectivity index (χ0) is 15.0. The highest BCUT2D eigenvalue weighted by Gasteiger charge is 2.19. The normalized spacial score (nSPS) is 16.2. The standard InChI is InChI=1S/C17H20N4/c1-12-8-14-10-15(11-18)17(19-16(14)9-13(12)2)21-6-4-20(3)5-7-21/h8-10H,4-7H2,1-3H3. The molecule has 108 valence electrons. The summed E-state index contributed by atoms with van der Waals surface area (Å²) in [6.07, 6.45) is 0. The predicted octanol–water partition coefficient (Wildman–Crippen LogP) is 2.48. The lowest BCUT2D eigenvalue weighted by atomic mass is 10.0. The summed E-state index contributed by atoms with van der Waals surface area (Å²) in [5.74, 6) is 0.835. The molecule has 0 aliphatic carbocycles. The molecule has 2 aromatic rings. The molecule has 0 spiro atoms. The van der Waals surface area contributed by atoms with Gasteiger partial charge in [-0.05, 0) is 50.2 Å². The van der Waals surface area contributed by atoms with E-state index in [1.54, 1.807) is 0 Å². The molecule has 4 nitrogen and oxygen atoms in total. The highest BCUT2D eigenvalue weighted by Crippen LogP contribution is 2.26. The number of likely N-dealkylation sites (N-methyl/N-ethyl adjacent to an activating group) is 1. The number of anilines is 1. The molecule has 1 aliphatic heterocycles. The average Bonchev–Trinajstić information content (AvgIpc) is 2.48. The molecule has 0 N–H and O–H groups in total. The molecule has 0 bridgehead atoms. The van der Waals surface area contributed by atoms with Crippen LogP contribution in [0.25, 0.3) is 10.9 Å². The van der Waals surface area contributed by atoms with E-state index in [0.717, 1.165) is 42.9 Å². The van der Waals surface area contributed by atoms with E-state index in [2.05, 4.69) is 48.9 Å². The Hall–Kier alpha value is -2.12. The summed E-state index contributed by atoms with van der Waals surface area (Å²) >= 11 is 0. The Bertz CT molecular complexity index is 722. The van der Waals surface area contributed by atoms with Crippen molar-refractivity contribution in [2.75, 3.05) is 38.1 Å². The van der Waals surface area contributed by atoms with Crippen LogP contribution in [0.4, 0.5) is 5.82 Å². The van der Waals surface area contributed by atoms with E-state index in [-0.39, 0.29) is 0 Å². The SMILES string of the molecule is Cc1cc2cc(C#N)c(N3CCN(C)CC3)nc2cc1C. The van der Waals surface area contributed by atoms with Crippen molar-refractivity contribution in [3.8, 4) is 6.07 Å². The van der Waals surface area contributed by atoms with E-state index in [1.165, 1.54) is 11.1 Å². The van der Waals surface area contributed by atoms with Gasteiger partial charge in [-0.3, -0.25) is 0 Å². The number of hydrogen-bond acceptors (Lipinski definition) is 4. The summed E-state index contributed by atoms with van der Waals surface area (Å²) in [5, 5.41) is 10.5. The summed E-state index contributed by atoms with van der Waals surface area (Å²) in [6, 6.07) is 8.52. The fourth-order valence-corrected chi connectivity index (χ4v) is 2.77. The largest absolute Gasteiger partial charge is 0.353 e. The Balaban J connectivity index is 2.09. The van der Waals surface area contributed by atoms with Crippen LogP contribution in [0.1, 0.15) is 16.7 Å². The molecule has 1 aromatic heterocycles. The summed E-state index contributed by atoms with van der Waals surface area (Å²) in [6.45, 7) is 8.07. The smallest absolute Gasteiger partial charge is 0.147 e. The molecule has 0 amide bonds. The third kappa shape index (κ3) is 2.57. The number of pyridine rings is 1. The molecule has 21 heavy (non-hydrogen) atoms. The minimum absolute atomic E-state index is 0.676. The first-order chi connectivity index (χ1) is 10.1. The van der Waals surface area contributed by atoms with Crippen molar-refractivity contribution < 1.29 is 0 Å². The van der Waals surface area contributed by atoms with Crippen molar-refractivity contribution in [2.45, 2.75) is 13.8 Å². The fraction of sp³-hybridized carbons (Fsp3) is 0.412. The minimum atomic E-state index is 0.676. The monoisotopic (exact) mass is 280 g/mol. The van der Waals surface area contributed by atoms with Crippen molar-refractivity contribution in [2.24, 2.45) is 0 Å². The number of piperazine rings is 1. The van der Waals surface area contributed by atoms with E-state index in [9.17, 15) is 5.26 Å². The topological polar surface area (TPSA) is 43.2 Å². The zero-order valence-electron chi connectivity index (χ0n) is 12.8. The molecule has 0 unspecified atom stereocenters. The highest BCUT2D eigenvalue weighted by atomic mass is 15.3. The van der Waals surface area contributed by atoms with Gasteiger partial charge in [0, 0.05) is 31.6 Å². The number of fused-ring (bicyclic) bond motifs is 1. The van der Waals surface area contributed by atoms with Gasteiger partial charge in [-0.25, -0.2) is 4.98 Å². The molecular weight excluding hydrogens is 260 g/mol. The van der Waals surface area contributed by atoms with Crippen LogP contribution < -0.4 is 4.90 Å². The van der Waals surface area contributed by atoms with Gasteiger partial charge in [0.25, 0.3) is 0 Å². The zero-order valence-corrected chi connectivity index (χ0v) is 12.8. The van der Waals surface area contributed by atoms with E-state index >= 15 is 0 Å². The third-order valence-corrected chi connectivity index (χ3v) is 4.33. The molecule has 1 aromatic carbocycles. The van der Waals surface area contributed by atoms with Crippen LogP contribution in [0.3, 0.4) is 0 Å². The second kappa shape index (κ2) is 5.34. The van der Waals surface area contributed by atoms with Crippen molar-refractivity contribution in [1.82, 2.24) is 9.88 Å². The molecular formula is C17H20N4. The summed E-state index contributed by atoms with van der Waals surface area (Å²) in [4.78, 5) is 9.31. The van der Waals surface area contributed by atoms with Crippen LogP contribution in [-0.4, -0.2) is 43.1 Å². The lowest BCUT2D eigenvalue weighted by Gasteiger charge is -2.33. The van der Waals surface area contributed by atoms with Crippen molar-refractivity contribution in [3.63, 3.8) is 0 Å². The number of benzene rings is 1. The number of aryl methyl sites for hydroxylation is 2. The van der Waals surface area contributed by atoms with Crippen molar-refractivity contribution in [1.29, 1.82) is 5.26 Å².